The van der Waals surface area contributed by atoms with Crippen molar-refractivity contribution in [2.24, 2.45) is 5.73 Å². The van der Waals surface area contributed by atoms with E-state index in [0.29, 0.717) is 6.42 Å². The summed E-state index contributed by atoms with van der Waals surface area (Å²) < 4.78 is -0.604. The molecular weight excluding hydrogens is 342 g/mol. The molecule has 25 heavy (non-hydrogen) atoms. The van der Waals surface area contributed by atoms with Crippen LogP contribution in [0.1, 0.15) is 33.1 Å². The third-order valence-corrected chi connectivity index (χ3v) is 6.45. The van der Waals surface area contributed by atoms with Gasteiger partial charge in [0.05, 0.1) is 6.04 Å². The van der Waals surface area contributed by atoms with Crippen LogP contribution in [0.15, 0.2) is 23.8 Å². The monoisotopic (exact) mass is 365 g/mol. The summed E-state index contributed by atoms with van der Waals surface area (Å²) in [6.45, 7) is 3.60. The lowest BCUT2D eigenvalue weighted by molar-refractivity contribution is -0.161. The van der Waals surface area contributed by atoms with Gasteiger partial charge in [0.25, 0.3) is 0 Å². The number of carboxylic acid groups (broad SMARTS) is 1. The number of allylic oxidation sites excluding steroid dienone is 3. The first kappa shape index (κ1) is 18.0. The normalized spacial score (nSPS) is 31.0. The van der Waals surface area contributed by atoms with E-state index in [1.54, 1.807) is 13.8 Å². The summed E-state index contributed by atoms with van der Waals surface area (Å²) in [6.07, 6.45) is 8.29. The zero-order chi connectivity index (χ0) is 18.4. The molecule has 2 amide bonds. The summed E-state index contributed by atoms with van der Waals surface area (Å²) in [6, 6.07) is -2.29. The molecule has 0 saturated carbocycles. The van der Waals surface area contributed by atoms with Crippen LogP contribution in [0.5, 0.6) is 0 Å². The van der Waals surface area contributed by atoms with Gasteiger partial charge in [-0.15, -0.1) is 11.8 Å². The first-order valence-electron chi connectivity index (χ1n) is 8.34. The van der Waals surface area contributed by atoms with Crippen LogP contribution in [-0.2, 0) is 14.4 Å². The molecule has 0 aromatic rings. The molecule has 3 aliphatic rings. The van der Waals surface area contributed by atoms with Crippen LogP contribution >= 0.6 is 11.8 Å². The van der Waals surface area contributed by atoms with Gasteiger partial charge < -0.3 is 21.1 Å². The Morgan fingerprint density at radius 2 is 2.20 bits per heavy atom. The van der Waals surface area contributed by atoms with E-state index in [0.717, 1.165) is 18.4 Å². The summed E-state index contributed by atoms with van der Waals surface area (Å²) in [5, 5.41) is 11.8. The second kappa shape index (κ2) is 6.49. The molecule has 0 spiro atoms. The van der Waals surface area contributed by atoms with Crippen molar-refractivity contribution >= 4 is 29.5 Å². The predicted octanol–water partition coefficient (Wildman–Crippen LogP) is 0.612. The largest absolute Gasteiger partial charge is 0.480 e. The number of nitrogens with two attached hydrogens (primary N) is 1. The Morgan fingerprint density at radius 3 is 2.80 bits per heavy atom. The van der Waals surface area contributed by atoms with Gasteiger partial charge in [-0.1, -0.05) is 23.8 Å². The van der Waals surface area contributed by atoms with E-state index >= 15 is 0 Å². The number of amides is 2. The molecule has 1 unspecified atom stereocenters. The Labute approximate surface area is 150 Å². The number of rotatable bonds is 5. The topological polar surface area (TPSA) is 113 Å². The van der Waals surface area contributed by atoms with Gasteiger partial charge in [0, 0.05) is 4.75 Å². The highest BCUT2D eigenvalue weighted by molar-refractivity contribution is 8.01. The average Bonchev–Trinajstić information content (AvgIpc) is 2.81. The van der Waals surface area contributed by atoms with Gasteiger partial charge >= 0.3 is 5.97 Å². The zero-order valence-electron chi connectivity index (χ0n) is 14.3. The molecule has 4 atom stereocenters. The second-order valence-corrected chi connectivity index (χ2v) is 8.94. The number of thioether (sulfide) groups is 1. The fourth-order valence-corrected chi connectivity index (χ4v) is 5.22. The number of β-lactam (4-membered cyclic amide) rings is 1. The van der Waals surface area contributed by atoms with E-state index in [9.17, 15) is 19.5 Å². The lowest BCUT2D eigenvalue weighted by Crippen LogP contribution is -2.71. The fourth-order valence-electron chi connectivity index (χ4n) is 3.60. The number of hydrogen-bond acceptors (Lipinski definition) is 5. The van der Waals surface area contributed by atoms with Crippen LogP contribution < -0.4 is 11.1 Å². The minimum absolute atomic E-state index is 0.350. The predicted molar refractivity (Wildman–Crippen MR) is 94.7 cm³/mol. The van der Waals surface area contributed by atoms with Crippen molar-refractivity contribution in [3.05, 3.63) is 23.8 Å². The van der Waals surface area contributed by atoms with Gasteiger partial charge in [-0.25, -0.2) is 4.79 Å². The van der Waals surface area contributed by atoms with Crippen molar-refractivity contribution in [2.75, 3.05) is 0 Å². The fraction of sp³-hybridized carbons (Fsp3) is 0.588. The first-order valence-corrected chi connectivity index (χ1v) is 9.22. The molecule has 8 heteroatoms. The first-order chi connectivity index (χ1) is 11.7. The Bertz CT molecular complexity index is 673. The quantitative estimate of drug-likeness (QED) is 0.486. The molecule has 0 radical (unpaired) electrons. The van der Waals surface area contributed by atoms with Gasteiger partial charge in [-0.3, -0.25) is 9.59 Å². The molecule has 1 aliphatic carbocycles. The van der Waals surface area contributed by atoms with E-state index in [1.807, 2.05) is 0 Å². The highest BCUT2D eigenvalue weighted by Gasteiger charge is 2.64. The number of nitrogens with zero attached hydrogens (tertiary/aromatic N) is 1. The Hall–Kier alpha value is -1.80. The Morgan fingerprint density at radius 1 is 1.48 bits per heavy atom. The number of carbonyl (C=O) groups is 3. The summed E-state index contributed by atoms with van der Waals surface area (Å²) in [4.78, 5) is 37.6. The standard InChI is InChI=1S/C17H23N3O4S/c1-17(2)12(16(23)24)20-14(22)11(15(20)25-17)19-13(21)10(18)8-9-6-4-3-5-7-9/h3-4,7,10-12,15H,5-6,8,18H2,1-2H3,(H,19,21)(H,23,24)/t10?,11-,12+,15-/m1/s1. The third-order valence-electron chi connectivity index (χ3n) is 4.88. The number of fused-ring (bicyclic) bond motifs is 1. The summed E-state index contributed by atoms with van der Waals surface area (Å²) in [7, 11) is 0. The maximum Gasteiger partial charge on any atom is 0.327 e. The van der Waals surface area contributed by atoms with Crippen LogP contribution in [0.25, 0.3) is 0 Å². The van der Waals surface area contributed by atoms with Crippen LogP contribution in [0, 0.1) is 0 Å². The minimum Gasteiger partial charge on any atom is -0.480 e. The maximum absolute atomic E-state index is 12.4. The number of carboxylic acids is 1. The van der Waals surface area contributed by atoms with E-state index in [-0.39, 0.29) is 17.2 Å². The zero-order valence-corrected chi connectivity index (χ0v) is 15.1. The number of carbonyl (C=O) groups excluding carboxylic acids is 2. The van der Waals surface area contributed by atoms with Crippen molar-refractivity contribution in [3.8, 4) is 0 Å². The molecule has 7 nitrogen and oxygen atoms in total. The molecule has 2 heterocycles. The molecule has 2 aliphatic heterocycles. The van der Waals surface area contributed by atoms with Gasteiger partial charge in [0.1, 0.15) is 17.5 Å². The van der Waals surface area contributed by atoms with E-state index in [2.05, 4.69) is 23.5 Å². The van der Waals surface area contributed by atoms with E-state index in [1.165, 1.54) is 16.7 Å². The van der Waals surface area contributed by atoms with Crippen molar-refractivity contribution in [2.45, 2.75) is 61.4 Å². The average molecular weight is 365 g/mol. The van der Waals surface area contributed by atoms with Gasteiger partial charge in [0.2, 0.25) is 11.8 Å². The maximum atomic E-state index is 12.4. The summed E-state index contributed by atoms with van der Waals surface area (Å²) in [5.41, 5.74) is 7.10. The third kappa shape index (κ3) is 3.20. The molecule has 0 bridgehead atoms. The van der Waals surface area contributed by atoms with Gasteiger partial charge in [0.15, 0.2) is 0 Å². The lowest BCUT2D eigenvalue weighted by atomic mass is 9.95. The molecule has 4 N–H and O–H groups in total. The Balaban J connectivity index is 1.61. The number of hydrogen-bond donors (Lipinski definition) is 3. The molecule has 136 valence electrons. The molecule has 0 aromatic heterocycles. The molecule has 0 aromatic carbocycles. The molecule has 2 fully saturated rings. The molecule has 2 saturated heterocycles. The number of aliphatic carboxylic acids is 1. The van der Waals surface area contributed by atoms with Crippen molar-refractivity contribution in [1.82, 2.24) is 10.2 Å². The smallest absolute Gasteiger partial charge is 0.327 e. The molecular formula is C17H23N3O4S. The highest BCUT2D eigenvalue weighted by atomic mass is 32.2. The lowest BCUT2D eigenvalue weighted by Gasteiger charge is -2.43. The van der Waals surface area contributed by atoms with Crippen LogP contribution in [0.4, 0.5) is 0 Å². The summed E-state index contributed by atoms with van der Waals surface area (Å²) in [5.74, 6) is -1.74. The van der Waals surface area contributed by atoms with E-state index < -0.39 is 28.8 Å². The summed E-state index contributed by atoms with van der Waals surface area (Å²) >= 11 is 1.40. The van der Waals surface area contributed by atoms with Crippen molar-refractivity contribution in [1.29, 1.82) is 0 Å². The highest BCUT2D eigenvalue weighted by Crippen LogP contribution is 2.50. The van der Waals surface area contributed by atoms with Crippen molar-refractivity contribution < 1.29 is 19.5 Å². The Kier molecular flexibility index (Phi) is 4.68. The minimum atomic E-state index is -1.02. The van der Waals surface area contributed by atoms with Gasteiger partial charge in [-0.2, -0.15) is 0 Å². The SMILES string of the molecule is CC1(C)S[C@@H]2[C@H](NC(=O)C(N)CC3=CCC=CC3)C(=O)N2[C@H]1C(=O)O. The van der Waals surface area contributed by atoms with Gasteiger partial charge in [-0.05, 0) is 33.1 Å². The number of nitrogens with one attached hydrogen (secondary N) is 1. The molecule has 3 rings (SSSR count). The van der Waals surface area contributed by atoms with Crippen LogP contribution in [-0.4, -0.2) is 56.0 Å². The second-order valence-electron chi connectivity index (χ2n) is 7.17. The van der Waals surface area contributed by atoms with Crippen LogP contribution in [0.2, 0.25) is 0 Å². The van der Waals surface area contributed by atoms with E-state index in [4.69, 9.17) is 5.73 Å². The van der Waals surface area contributed by atoms with Crippen LogP contribution in [0.3, 0.4) is 0 Å². The van der Waals surface area contributed by atoms with Crippen molar-refractivity contribution in [3.63, 3.8) is 0 Å².